The van der Waals surface area contributed by atoms with Gasteiger partial charge in [-0.25, -0.2) is 8.42 Å². The lowest BCUT2D eigenvalue weighted by molar-refractivity contribution is -0.136. The zero-order valence-electron chi connectivity index (χ0n) is 10.6. The molecule has 1 N–H and O–H groups in total. The van der Waals surface area contributed by atoms with E-state index < -0.39 is 21.2 Å². The van der Waals surface area contributed by atoms with Crippen molar-refractivity contribution in [2.24, 2.45) is 0 Å². The van der Waals surface area contributed by atoms with E-state index >= 15 is 0 Å². The zero-order chi connectivity index (χ0) is 13.9. The third kappa shape index (κ3) is 3.08. The van der Waals surface area contributed by atoms with Gasteiger partial charge in [-0.3, -0.25) is 4.79 Å². The van der Waals surface area contributed by atoms with Crippen molar-refractivity contribution in [1.82, 2.24) is 4.31 Å². The van der Waals surface area contributed by atoms with Crippen LogP contribution in [0.25, 0.3) is 0 Å². The molecule has 1 atom stereocenters. The normalized spacial score (nSPS) is 13.6. The first-order valence-electron chi connectivity index (χ1n) is 5.49. The molecule has 1 rings (SSSR count). The third-order valence-electron chi connectivity index (χ3n) is 2.88. The molecule has 0 bridgehead atoms. The minimum Gasteiger partial charge on any atom is -0.480 e. The molecule has 1 unspecified atom stereocenters. The Labute approximate surface area is 107 Å². The third-order valence-corrected chi connectivity index (χ3v) is 4.98. The van der Waals surface area contributed by atoms with Crippen molar-refractivity contribution in [1.29, 1.82) is 0 Å². The van der Waals surface area contributed by atoms with Crippen molar-refractivity contribution in [2.75, 3.05) is 7.05 Å². The summed E-state index contributed by atoms with van der Waals surface area (Å²) in [6.45, 7) is 3.23. The second-order valence-electron chi connectivity index (χ2n) is 4.21. The molecular formula is C12H17NO4S. The number of benzene rings is 1. The lowest BCUT2D eigenvalue weighted by atomic mass is 10.1. The highest BCUT2D eigenvalue weighted by atomic mass is 32.2. The van der Waals surface area contributed by atoms with E-state index in [1.807, 2.05) is 31.2 Å². The van der Waals surface area contributed by atoms with Crippen molar-refractivity contribution < 1.29 is 18.3 Å². The van der Waals surface area contributed by atoms with E-state index in [1.54, 1.807) is 0 Å². The molecule has 1 aromatic carbocycles. The van der Waals surface area contributed by atoms with Gasteiger partial charge in [0, 0.05) is 13.6 Å². The van der Waals surface area contributed by atoms with Crippen LogP contribution in [-0.4, -0.2) is 36.1 Å². The molecule has 5 nitrogen and oxygen atoms in total. The highest BCUT2D eigenvalue weighted by molar-refractivity contribution is 7.90. The van der Waals surface area contributed by atoms with Gasteiger partial charge in [-0.05, 0) is 25.0 Å². The Bertz CT molecular complexity index is 539. The smallest absolute Gasteiger partial charge is 0.323 e. The zero-order valence-corrected chi connectivity index (χ0v) is 11.4. The van der Waals surface area contributed by atoms with Crippen LogP contribution in [0.3, 0.4) is 0 Å². The predicted octanol–water partition coefficient (Wildman–Crippen LogP) is 1.23. The van der Waals surface area contributed by atoms with Crippen LogP contribution in [0.1, 0.15) is 18.1 Å². The second kappa shape index (κ2) is 5.49. The van der Waals surface area contributed by atoms with E-state index in [0.717, 1.165) is 15.4 Å². The molecule has 0 saturated heterocycles. The van der Waals surface area contributed by atoms with E-state index in [2.05, 4.69) is 0 Å². The van der Waals surface area contributed by atoms with Gasteiger partial charge in [-0.2, -0.15) is 4.31 Å². The SMILES string of the molecule is Cc1ccccc1CN(C)S(=O)(=O)C(C)C(=O)O. The standard InChI is InChI=1S/C12H17NO4S/c1-9-6-4-5-7-11(9)8-13(3)18(16,17)10(2)12(14)15/h4-7,10H,8H2,1-3H3,(H,14,15). The Morgan fingerprint density at radius 1 is 1.39 bits per heavy atom. The van der Waals surface area contributed by atoms with Gasteiger partial charge in [0.2, 0.25) is 10.0 Å². The quantitative estimate of drug-likeness (QED) is 0.874. The molecule has 6 heteroatoms. The maximum atomic E-state index is 11.9. The fourth-order valence-corrected chi connectivity index (χ4v) is 2.63. The van der Waals surface area contributed by atoms with Crippen molar-refractivity contribution >= 4 is 16.0 Å². The molecule has 0 heterocycles. The van der Waals surface area contributed by atoms with Gasteiger partial charge >= 0.3 is 5.97 Å². The number of carboxylic acids is 1. The Kier molecular flexibility index (Phi) is 4.48. The largest absolute Gasteiger partial charge is 0.480 e. The van der Waals surface area contributed by atoms with Gasteiger partial charge in [-0.1, -0.05) is 24.3 Å². The summed E-state index contributed by atoms with van der Waals surface area (Å²) in [6.07, 6.45) is 0. The molecular weight excluding hydrogens is 254 g/mol. The van der Waals surface area contributed by atoms with Gasteiger partial charge in [0.05, 0.1) is 0 Å². The maximum Gasteiger partial charge on any atom is 0.323 e. The van der Waals surface area contributed by atoms with Gasteiger partial charge in [0.25, 0.3) is 0 Å². The van der Waals surface area contributed by atoms with Crippen molar-refractivity contribution in [3.8, 4) is 0 Å². The molecule has 1 aromatic rings. The van der Waals surface area contributed by atoms with Crippen LogP contribution >= 0.6 is 0 Å². The van der Waals surface area contributed by atoms with Crippen LogP contribution in [0.15, 0.2) is 24.3 Å². The van der Waals surface area contributed by atoms with Gasteiger partial charge in [0.15, 0.2) is 5.25 Å². The highest BCUT2D eigenvalue weighted by Crippen LogP contribution is 2.14. The lowest BCUT2D eigenvalue weighted by Crippen LogP contribution is -2.38. The van der Waals surface area contributed by atoms with Gasteiger partial charge in [0.1, 0.15) is 0 Å². The fourth-order valence-electron chi connectivity index (χ4n) is 1.51. The summed E-state index contributed by atoms with van der Waals surface area (Å²) < 4.78 is 24.9. The Morgan fingerprint density at radius 2 is 1.94 bits per heavy atom. The minimum absolute atomic E-state index is 0.173. The topological polar surface area (TPSA) is 74.7 Å². The van der Waals surface area contributed by atoms with Crippen molar-refractivity contribution in [2.45, 2.75) is 25.6 Å². The monoisotopic (exact) mass is 271 g/mol. The summed E-state index contributed by atoms with van der Waals surface area (Å²) in [7, 11) is -2.43. The van der Waals surface area contributed by atoms with E-state index in [-0.39, 0.29) is 6.54 Å². The van der Waals surface area contributed by atoms with E-state index in [0.29, 0.717) is 0 Å². The summed E-state index contributed by atoms with van der Waals surface area (Å²) >= 11 is 0. The van der Waals surface area contributed by atoms with Crippen LogP contribution in [0.2, 0.25) is 0 Å². The molecule has 0 fully saturated rings. The molecule has 0 radical (unpaired) electrons. The first kappa shape index (κ1) is 14.7. The summed E-state index contributed by atoms with van der Waals surface area (Å²) in [6, 6.07) is 7.40. The van der Waals surface area contributed by atoms with Crippen LogP contribution in [0.4, 0.5) is 0 Å². The number of nitrogens with zero attached hydrogens (tertiary/aromatic N) is 1. The molecule has 0 aliphatic carbocycles. The number of hydrogen-bond acceptors (Lipinski definition) is 3. The summed E-state index contributed by atoms with van der Waals surface area (Å²) in [5, 5.41) is 7.34. The minimum atomic E-state index is -3.82. The Morgan fingerprint density at radius 3 is 2.44 bits per heavy atom. The summed E-state index contributed by atoms with van der Waals surface area (Å²) in [5.74, 6) is -1.34. The number of rotatable bonds is 5. The van der Waals surface area contributed by atoms with E-state index in [9.17, 15) is 13.2 Å². The number of aliphatic carboxylic acids is 1. The van der Waals surface area contributed by atoms with E-state index in [4.69, 9.17) is 5.11 Å². The van der Waals surface area contributed by atoms with E-state index in [1.165, 1.54) is 14.0 Å². The van der Waals surface area contributed by atoms with Crippen LogP contribution in [0.5, 0.6) is 0 Å². The number of sulfonamides is 1. The maximum absolute atomic E-state index is 11.9. The van der Waals surface area contributed by atoms with Crippen LogP contribution in [0, 0.1) is 6.92 Å². The molecule has 18 heavy (non-hydrogen) atoms. The first-order chi connectivity index (χ1) is 8.26. The molecule has 0 spiro atoms. The Hall–Kier alpha value is -1.40. The molecule has 0 aliphatic rings. The van der Waals surface area contributed by atoms with Gasteiger partial charge < -0.3 is 5.11 Å². The first-order valence-corrected chi connectivity index (χ1v) is 6.99. The molecule has 0 saturated carbocycles. The molecule has 0 aliphatic heterocycles. The second-order valence-corrected chi connectivity index (χ2v) is 6.57. The number of aryl methyl sites for hydroxylation is 1. The van der Waals surface area contributed by atoms with Gasteiger partial charge in [-0.15, -0.1) is 0 Å². The van der Waals surface area contributed by atoms with Crippen molar-refractivity contribution in [3.05, 3.63) is 35.4 Å². The summed E-state index contributed by atoms with van der Waals surface area (Å²) in [5.41, 5.74) is 1.84. The molecule has 0 amide bonds. The van der Waals surface area contributed by atoms with Crippen molar-refractivity contribution in [3.63, 3.8) is 0 Å². The molecule has 0 aromatic heterocycles. The Balaban J connectivity index is 2.93. The summed E-state index contributed by atoms with van der Waals surface area (Å²) in [4.78, 5) is 10.8. The molecule has 100 valence electrons. The number of carbonyl (C=O) groups is 1. The van der Waals surface area contributed by atoms with Crippen LogP contribution in [-0.2, 0) is 21.4 Å². The van der Waals surface area contributed by atoms with Crippen LogP contribution < -0.4 is 0 Å². The number of hydrogen-bond donors (Lipinski definition) is 1. The predicted molar refractivity (Wildman–Crippen MR) is 68.7 cm³/mol. The number of carboxylic acid groups (broad SMARTS) is 1. The highest BCUT2D eigenvalue weighted by Gasteiger charge is 2.31. The average molecular weight is 271 g/mol. The fraction of sp³-hybridized carbons (Fsp3) is 0.417. The lowest BCUT2D eigenvalue weighted by Gasteiger charge is -2.20. The average Bonchev–Trinajstić information content (AvgIpc) is 2.30.